The summed E-state index contributed by atoms with van der Waals surface area (Å²) in [5, 5.41) is 19.4. The molecule has 130 valence electrons. The number of aromatic nitrogens is 4. The fraction of sp³-hybridized carbons (Fsp3) is 0.200. The zero-order valence-corrected chi connectivity index (χ0v) is 15.7. The number of carbonyl (C=O) groups excluding carboxylic acids is 1. The molecule has 0 radical (unpaired) electrons. The smallest absolute Gasteiger partial charge is 0.235 e. The van der Waals surface area contributed by atoms with E-state index in [-0.39, 0.29) is 11.7 Å². The standard InChI is InChI=1S/C15H15ClN6OS2/c1-17-14-20-21-15(25-14)24-9-13(23)19-12-5-6-18-22(12)8-10-3-2-4-11(16)7-10/h2-7H,8-9H2,1H3,(H,17,20)(H,19,23). The lowest BCUT2D eigenvalue weighted by atomic mass is 10.2. The number of thioether (sulfide) groups is 1. The van der Waals surface area contributed by atoms with Gasteiger partial charge in [-0.3, -0.25) is 4.79 Å². The van der Waals surface area contributed by atoms with E-state index < -0.39 is 0 Å². The Balaban J connectivity index is 1.57. The molecule has 0 bridgehead atoms. The lowest BCUT2D eigenvalue weighted by Crippen LogP contribution is -2.17. The van der Waals surface area contributed by atoms with E-state index in [2.05, 4.69) is 25.9 Å². The lowest BCUT2D eigenvalue weighted by molar-refractivity contribution is -0.113. The van der Waals surface area contributed by atoms with Gasteiger partial charge in [-0.15, -0.1) is 10.2 Å². The van der Waals surface area contributed by atoms with Crippen molar-refractivity contribution in [3.8, 4) is 0 Å². The summed E-state index contributed by atoms with van der Waals surface area (Å²) in [6.07, 6.45) is 1.65. The number of hydrogen-bond acceptors (Lipinski definition) is 7. The van der Waals surface area contributed by atoms with Crippen molar-refractivity contribution >= 4 is 51.6 Å². The summed E-state index contributed by atoms with van der Waals surface area (Å²) in [7, 11) is 1.78. The van der Waals surface area contributed by atoms with Crippen molar-refractivity contribution in [1.29, 1.82) is 0 Å². The fourth-order valence-corrected chi connectivity index (χ4v) is 3.77. The summed E-state index contributed by atoms with van der Waals surface area (Å²) in [4.78, 5) is 12.2. The topological polar surface area (TPSA) is 84.7 Å². The van der Waals surface area contributed by atoms with Gasteiger partial charge >= 0.3 is 0 Å². The fourth-order valence-electron chi connectivity index (χ4n) is 2.05. The first-order valence-corrected chi connectivity index (χ1v) is 9.52. The van der Waals surface area contributed by atoms with Gasteiger partial charge in [-0.25, -0.2) is 4.68 Å². The van der Waals surface area contributed by atoms with Crippen molar-refractivity contribution in [2.45, 2.75) is 10.9 Å². The molecule has 7 nitrogen and oxygen atoms in total. The monoisotopic (exact) mass is 394 g/mol. The quantitative estimate of drug-likeness (QED) is 0.598. The van der Waals surface area contributed by atoms with Crippen LogP contribution in [0.15, 0.2) is 40.9 Å². The number of nitrogens with zero attached hydrogens (tertiary/aromatic N) is 4. The van der Waals surface area contributed by atoms with Crippen molar-refractivity contribution in [3.05, 3.63) is 47.1 Å². The van der Waals surface area contributed by atoms with Crippen LogP contribution in [0.5, 0.6) is 0 Å². The number of hydrogen-bond donors (Lipinski definition) is 2. The first-order valence-electron chi connectivity index (χ1n) is 7.34. The molecule has 3 rings (SSSR count). The van der Waals surface area contributed by atoms with E-state index in [1.54, 1.807) is 24.0 Å². The Labute approximate surface area is 157 Å². The van der Waals surface area contributed by atoms with E-state index in [0.717, 1.165) is 15.0 Å². The molecule has 2 N–H and O–H groups in total. The second-order valence-electron chi connectivity index (χ2n) is 4.96. The maximum absolute atomic E-state index is 12.2. The summed E-state index contributed by atoms with van der Waals surface area (Å²) in [6.45, 7) is 0.526. The predicted molar refractivity (Wildman–Crippen MR) is 102 cm³/mol. The number of benzene rings is 1. The first-order chi connectivity index (χ1) is 12.1. The van der Waals surface area contributed by atoms with Gasteiger partial charge in [-0.05, 0) is 17.7 Å². The van der Waals surface area contributed by atoms with Gasteiger partial charge in [-0.2, -0.15) is 5.10 Å². The van der Waals surface area contributed by atoms with E-state index in [9.17, 15) is 4.79 Å². The molecule has 2 aromatic heterocycles. The second kappa shape index (κ2) is 8.32. The third kappa shape index (κ3) is 4.94. The minimum absolute atomic E-state index is 0.126. The highest BCUT2D eigenvalue weighted by Gasteiger charge is 2.10. The Morgan fingerprint density at radius 1 is 1.36 bits per heavy atom. The van der Waals surface area contributed by atoms with Crippen LogP contribution in [0.3, 0.4) is 0 Å². The largest absolute Gasteiger partial charge is 0.363 e. The summed E-state index contributed by atoms with van der Waals surface area (Å²) in [6, 6.07) is 9.30. The zero-order valence-electron chi connectivity index (χ0n) is 13.3. The third-order valence-electron chi connectivity index (χ3n) is 3.15. The molecule has 0 aliphatic carbocycles. The van der Waals surface area contributed by atoms with Crippen LogP contribution in [-0.2, 0) is 11.3 Å². The van der Waals surface area contributed by atoms with Gasteiger partial charge in [0.25, 0.3) is 0 Å². The number of nitrogens with one attached hydrogen (secondary N) is 2. The lowest BCUT2D eigenvalue weighted by Gasteiger charge is -2.09. The molecule has 2 heterocycles. The Kier molecular flexibility index (Phi) is 5.90. The van der Waals surface area contributed by atoms with E-state index >= 15 is 0 Å². The van der Waals surface area contributed by atoms with Crippen LogP contribution in [0.25, 0.3) is 0 Å². The van der Waals surface area contributed by atoms with E-state index in [0.29, 0.717) is 17.4 Å². The number of halogens is 1. The highest BCUT2D eigenvalue weighted by atomic mass is 35.5. The molecule has 0 aliphatic heterocycles. The summed E-state index contributed by atoms with van der Waals surface area (Å²) >= 11 is 8.76. The Bertz CT molecular complexity index is 865. The molecule has 0 fully saturated rings. The SMILES string of the molecule is CNc1nnc(SCC(=O)Nc2ccnn2Cc2cccc(Cl)c2)s1. The van der Waals surface area contributed by atoms with Gasteiger partial charge in [-0.1, -0.05) is 46.8 Å². The van der Waals surface area contributed by atoms with E-state index in [4.69, 9.17) is 11.6 Å². The minimum atomic E-state index is -0.126. The second-order valence-corrected chi connectivity index (χ2v) is 7.60. The molecule has 0 aliphatic rings. The van der Waals surface area contributed by atoms with E-state index in [1.807, 2.05) is 24.3 Å². The van der Waals surface area contributed by atoms with Crippen molar-refractivity contribution in [3.63, 3.8) is 0 Å². The van der Waals surface area contributed by atoms with Gasteiger partial charge in [0.2, 0.25) is 11.0 Å². The van der Waals surface area contributed by atoms with Gasteiger partial charge in [0.1, 0.15) is 5.82 Å². The predicted octanol–water partition coefficient (Wildman–Crippen LogP) is 3.21. The first kappa shape index (κ1) is 17.7. The minimum Gasteiger partial charge on any atom is -0.363 e. The van der Waals surface area contributed by atoms with Crippen LogP contribution in [0.1, 0.15) is 5.56 Å². The van der Waals surface area contributed by atoms with Crippen LogP contribution in [0.2, 0.25) is 5.02 Å². The van der Waals surface area contributed by atoms with Gasteiger partial charge < -0.3 is 10.6 Å². The third-order valence-corrected chi connectivity index (χ3v) is 5.46. The van der Waals surface area contributed by atoms with E-state index in [1.165, 1.54) is 23.1 Å². The molecule has 0 atom stereocenters. The van der Waals surface area contributed by atoms with Crippen LogP contribution >= 0.6 is 34.7 Å². The zero-order chi connectivity index (χ0) is 17.6. The molecular weight excluding hydrogens is 380 g/mol. The molecular formula is C15H15ClN6OS2. The molecule has 0 spiro atoms. The average Bonchev–Trinajstić information content (AvgIpc) is 3.23. The molecule has 0 saturated heterocycles. The Morgan fingerprint density at radius 3 is 3.00 bits per heavy atom. The molecule has 0 unspecified atom stereocenters. The van der Waals surface area contributed by atoms with Gasteiger partial charge in [0, 0.05) is 18.1 Å². The maximum Gasteiger partial charge on any atom is 0.235 e. The summed E-state index contributed by atoms with van der Waals surface area (Å²) < 4.78 is 2.46. The average molecular weight is 395 g/mol. The van der Waals surface area contributed by atoms with Crippen LogP contribution < -0.4 is 10.6 Å². The number of amides is 1. The van der Waals surface area contributed by atoms with Gasteiger partial charge in [0.05, 0.1) is 18.5 Å². The van der Waals surface area contributed by atoms with Crippen LogP contribution in [0, 0.1) is 0 Å². The van der Waals surface area contributed by atoms with Gasteiger partial charge in [0.15, 0.2) is 4.34 Å². The highest BCUT2D eigenvalue weighted by molar-refractivity contribution is 8.01. The number of rotatable bonds is 7. The van der Waals surface area contributed by atoms with Crippen LogP contribution in [0.4, 0.5) is 10.9 Å². The summed E-state index contributed by atoms with van der Waals surface area (Å²) in [5.74, 6) is 0.763. The molecule has 0 saturated carbocycles. The molecule has 1 aromatic carbocycles. The van der Waals surface area contributed by atoms with Crippen molar-refractivity contribution < 1.29 is 4.79 Å². The highest BCUT2D eigenvalue weighted by Crippen LogP contribution is 2.25. The molecule has 10 heteroatoms. The Morgan fingerprint density at radius 2 is 2.24 bits per heavy atom. The normalized spacial score (nSPS) is 10.6. The van der Waals surface area contributed by atoms with Crippen molar-refractivity contribution in [2.24, 2.45) is 0 Å². The van der Waals surface area contributed by atoms with Crippen LogP contribution in [-0.4, -0.2) is 38.7 Å². The number of anilines is 2. The van der Waals surface area contributed by atoms with Crippen molar-refractivity contribution in [1.82, 2.24) is 20.0 Å². The number of carbonyl (C=O) groups is 1. The van der Waals surface area contributed by atoms with Crippen molar-refractivity contribution in [2.75, 3.05) is 23.4 Å². The maximum atomic E-state index is 12.2. The molecule has 25 heavy (non-hydrogen) atoms. The molecule has 1 amide bonds. The summed E-state index contributed by atoms with van der Waals surface area (Å²) in [5.41, 5.74) is 1.01. The molecule has 3 aromatic rings. The Hall–Kier alpha value is -2.10.